The molecule has 1 atom stereocenters. The van der Waals surface area contributed by atoms with Gasteiger partial charge in [-0.25, -0.2) is 4.98 Å². The highest BCUT2D eigenvalue weighted by atomic mass is 19.4. The van der Waals surface area contributed by atoms with Gasteiger partial charge in [-0.1, -0.05) is 12.1 Å². The van der Waals surface area contributed by atoms with Crippen molar-refractivity contribution in [2.45, 2.75) is 25.1 Å². The first-order valence-electron chi connectivity index (χ1n) is 9.41. The number of anilines is 1. The van der Waals surface area contributed by atoms with E-state index < -0.39 is 11.9 Å². The summed E-state index contributed by atoms with van der Waals surface area (Å²) in [6.07, 6.45) is -0.189. The Morgan fingerprint density at radius 3 is 2.79 bits per heavy atom. The quantitative estimate of drug-likeness (QED) is 0.727. The zero-order valence-corrected chi connectivity index (χ0v) is 15.9. The fourth-order valence-corrected chi connectivity index (χ4v) is 3.74. The first-order valence-corrected chi connectivity index (χ1v) is 9.41. The number of pyridine rings is 1. The molecule has 1 unspecified atom stereocenters. The number of carbonyl (C=O) groups is 1. The molecular weight excluding hydrogens is 381 g/mol. The monoisotopic (exact) mass is 402 g/mol. The molecule has 3 heterocycles. The molecule has 1 aromatic carbocycles. The maximum absolute atomic E-state index is 12.6. The van der Waals surface area contributed by atoms with Crippen LogP contribution in [0.25, 0.3) is 10.9 Å². The third kappa shape index (κ3) is 4.21. The van der Waals surface area contributed by atoms with E-state index in [0.717, 1.165) is 29.0 Å². The van der Waals surface area contributed by atoms with E-state index in [1.165, 1.54) is 12.3 Å². The second-order valence-electron chi connectivity index (χ2n) is 7.40. The summed E-state index contributed by atoms with van der Waals surface area (Å²) in [4.78, 5) is 17.9. The zero-order chi connectivity index (χ0) is 20.6. The molecule has 3 aromatic rings. The van der Waals surface area contributed by atoms with E-state index in [9.17, 15) is 18.0 Å². The van der Waals surface area contributed by atoms with Gasteiger partial charge in [0.05, 0.1) is 18.3 Å². The molecule has 1 aliphatic rings. The lowest BCUT2D eigenvalue weighted by molar-refractivity contribution is -0.141. The molecule has 1 fully saturated rings. The van der Waals surface area contributed by atoms with Gasteiger partial charge in [-0.15, -0.1) is 0 Å². The standard InChI is InChI=1S/C21H21F3N4O/c1-27-8-6-15-3-2-14(10-18(15)27)11-20(29)26-16-7-9-28(13-16)17-4-5-19(25-12-17)21(22,23)24/h2-6,8,10,12,16H,7,9,11,13H2,1H3,(H,26,29). The molecule has 1 saturated heterocycles. The maximum Gasteiger partial charge on any atom is 0.433 e. The van der Waals surface area contributed by atoms with Crippen LogP contribution in [0.4, 0.5) is 18.9 Å². The van der Waals surface area contributed by atoms with Gasteiger partial charge in [-0.2, -0.15) is 13.2 Å². The van der Waals surface area contributed by atoms with Gasteiger partial charge in [0.2, 0.25) is 5.91 Å². The number of rotatable bonds is 4. The third-order valence-electron chi connectivity index (χ3n) is 5.27. The van der Waals surface area contributed by atoms with Crippen LogP contribution < -0.4 is 10.2 Å². The predicted molar refractivity (Wildman–Crippen MR) is 105 cm³/mol. The van der Waals surface area contributed by atoms with E-state index in [-0.39, 0.29) is 11.9 Å². The van der Waals surface area contributed by atoms with Crippen molar-refractivity contribution in [3.05, 3.63) is 60.0 Å². The van der Waals surface area contributed by atoms with E-state index in [1.54, 1.807) is 0 Å². The number of hydrogen-bond donors (Lipinski definition) is 1. The van der Waals surface area contributed by atoms with Gasteiger partial charge in [0.15, 0.2) is 0 Å². The SMILES string of the molecule is Cn1ccc2ccc(CC(=O)NC3CCN(c4ccc(C(F)(F)F)nc4)C3)cc21. The second kappa shape index (κ2) is 7.42. The van der Waals surface area contributed by atoms with Crippen molar-refractivity contribution in [3.8, 4) is 0 Å². The third-order valence-corrected chi connectivity index (χ3v) is 5.27. The lowest BCUT2D eigenvalue weighted by Gasteiger charge is -2.19. The minimum atomic E-state index is -4.44. The van der Waals surface area contributed by atoms with E-state index in [0.29, 0.717) is 25.2 Å². The molecule has 1 N–H and O–H groups in total. The smallest absolute Gasteiger partial charge is 0.368 e. The van der Waals surface area contributed by atoms with Gasteiger partial charge >= 0.3 is 6.18 Å². The largest absolute Gasteiger partial charge is 0.433 e. The average molecular weight is 402 g/mol. The molecule has 1 amide bonds. The first kappa shape index (κ1) is 19.3. The summed E-state index contributed by atoms with van der Waals surface area (Å²) >= 11 is 0. The summed E-state index contributed by atoms with van der Waals surface area (Å²) in [5.74, 6) is -0.0593. The van der Waals surface area contributed by atoms with Crippen molar-refractivity contribution in [2.24, 2.45) is 7.05 Å². The number of carbonyl (C=O) groups excluding carboxylic acids is 1. The van der Waals surface area contributed by atoms with Crippen LogP contribution >= 0.6 is 0 Å². The minimum Gasteiger partial charge on any atom is -0.368 e. The molecule has 2 aromatic heterocycles. The Morgan fingerprint density at radius 2 is 2.07 bits per heavy atom. The number of fused-ring (bicyclic) bond motifs is 1. The lowest BCUT2D eigenvalue weighted by atomic mass is 10.1. The predicted octanol–water partition coefficient (Wildman–Crippen LogP) is 3.53. The zero-order valence-electron chi connectivity index (χ0n) is 15.9. The molecule has 0 saturated carbocycles. The summed E-state index contributed by atoms with van der Waals surface area (Å²) in [5.41, 5.74) is 1.75. The summed E-state index contributed by atoms with van der Waals surface area (Å²) < 4.78 is 40.0. The topological polar surface area (TPSA) is 50.2 Å². The van der Waals surface area contributed by atoms with Crippen LogP contribution in [0.1, 0.15) is 17.7 Å². The summed E-state index contributed by atoms with van der Waals surface area (Å²) in [5, 5.41) is 4.16. The van der Waals surface area contributed by atoms with Crippen molar-refractivity contribution in [1.82, 2.24) is 14.9 Å². The van der Waals surface area contributed by atoms with Gasteiger partial charge in [0, 0.05) is 37.9 Å². The van der Waals surface area contributed by atoms with E-state index in [1.807, 2.05) is 47.0 Å². The highest BCUT2D eigenvalue weighted by Gasteiger charge is 2.32. The van der Waals surface area contributed by atoms with Crippen molar-refractivity contribution in [2.75, 3.05) is 18.0 Å². The van der Waals surface area contributed by atoms with Crippen LogP contribution in [0.2, 0.25) is 0 Å². The van der Waals surface area contributed by atoms with Crippen LogP contribution in [0, 0.1) is 0 Å². The minimum absolute atomic E-state index is 0.0384. The summed E-state index contributed by atoms with van der Waals surface area (Å²) in [6, 6.07) is 10.4. The van der Waals surface area contributed by atoms with Crippen LogP contribution in [-0.2, 0) is 24.4 Å². The number of nitrogens with one attached hydrogen (secondary N) is 1. The fraction of sp³-hybridized carbons (Fsp3) is 0.333. The Morgan fingerprint density at radius 1 is 1.24 bits per heavy atom. The van der Waals surface area contributed by atoms with Crippen LogP contribution in [0.3, 0.4) is 0 Å². The van der Waals surface area contributed by atoms with Crippen molar-refractivity contribution in [3.63, 3.8) is 0 Å². The Balaban J connectivity index is 1.34. The first-order chi connectivity index (χ1) is 13.8. The molecule has 152 valence electrons. The van der Waals surface area contributed by atoms with Gasteiger partial charge in [0.1, 0.15) is 5.69 Å². The summed E-state index contributed by atoms with van der Waals surface area (Å²) in [7, 11) is 1.97. The number of nitrogens with zero attached hydrogens (tertiary/aromatic N) is 3. The number of halogens is 3. The number of amides is 1. The number of benzene rings is 1. The second-order valence-corrected chi connectivity index (χ2v) is 7.40. The van der Waals surface area contributed by atoms with E-state index >= 15 is 0 Å². The highest BCUT2D eigenvalue weighted by Crippen LogP contribution is 2.29. The number of hydrogen-bond acceptors (Lipinski definition) is 3. The molecule has 4 rings (SSSR count). The number of alkyl halides is 3. The Labute approximate surface area is 166 Å². The van der Waals surface area contributed by atoms with Crippen molar-refractivity contribution >= 4 is 22.5 Å². The Hall–Kier alpha value is -3.03. The molecule has 8 heteroatoms. The molecule has 5 nitrogen and oxygen atoms in total. The highest BCUT2D eigenvalue weighted by molar-refractivity contribution is 5.84. The molecule has 29 heavy (non-hydrogen) atoms. The molecule has 0 bridgehead atoms. The molecule has 0 aliphatic carbocycles. The van der Waals surface area contributed by atoms with Gasteiger partial charge in [-0.3, -0.25) is 4.79 Å². The van der Waals surface area contributed by atoms with Crippen LogP contribution in [0.5, 0.6) is 0 Å². The van der Waals surface area contributed by atoms with Gasteiger partial charge < -0.3 is 14.8 Å². The fourth-order valence-electron chi connectivity index (χ4n) is 3.74. The Kier molecular flexibility index (Phi) is 4.94. The van der Waals surface area contributed by atoms with Gasteiger partial charge in [-0.05, 0) is 41.6 Å². The maximum atomic E-state index is 12.6. The van der Waals surface area contributed by atoms with Crippen LogP contribution in [-0.4, -0.2) is 34.6 Å². The Bertz CT molecular complexity index is 1030. The van der Waals surface area contributed by atoms with Gasteiger partial charge in [0.25, 0.3) is 0 Å². The normalized spacial score (nSPS) is 17.1. The van der Waals surface area contributed by atoms with E-state index in [4.69, 9.17) is 0 Å². The van der Waals surface area contributed by atoms with Crippen molar-refractivity contribution in [1.29, 1.82) is 0 Å². The van der Waals surface area contributed by atoms with Crippen molar-refractivity contribution < 1.29 is 18.0 Å². The average Bonchev–Trinajstić information content (AvgIpc) is 3.28. The molecule has 0 spiro atoms. The molecular formula is C21H21F3N4O. The number of aromatic nitrogens is 2. The summed E-state index contributed by atoms with van der Waals surface area (Å²) in [6.45, 7) is 1.21. The van der Waals surface area contributed by atoms with Crippen LogP contribution in [0.15, 0.2) is 48.8 Å². The molecule has 0 radical (unpaired) electrons. The number of aryl methyl sites for hydroxylation is 1. The molecule has 1 aliphatic heterocycles. The lowest BCUT2D eigenvalue weighted by Crippen LogP contribution is -2.38. The van der Waals surface area contributed by atoms with E-state index in [2.05, 4.69) is 10.3 Å².